The van der Waals surface area contributed by atoms with Crippen molar-refractivity contribution in [3.63, 3.8) is 0 Å². The molecule has 0 atom stereocenters. The number of carbonyl (C=O) groups is 1. The number of piperidine rings is 1. The third kappa shape index (κ3) is 4.11. The molecule has 0 saturated carbocycles. The number of nitrogens with zero attached hydrogens (tertiary/aromatic N) is 2. The van der Waals surface area contributed by atoms with Crippen molar-refractivity contribution in [3.05, 3.63) is 23.5 Å². The molecule has 1 aromatic heterocycles. The Morgan fingerprint density at radius 3 is 2.59 bits per heavy atom. The van der Waals surface area contributed by atoms with Crippen LogP contribution >= 0.6 is 0 Å². The van der Waals surface area contributed by atoms with E-state index in [0.717, 1.165) is 38.4 Å². The summed E-state index contributed by atoms with van der Waals surface area (Å²) in [5, 5.41) is 2.70. The molecule has 1 saturated heterocycles. The Balaban J connectivity index is 2.28. The van der Waals surface area contributed by atoms with E-state index in [0.29, 0.717) is 17.7 Å². The third-order valence-electron chi connectivity index (χ3n) is 3.75. The van der Waals surface area contributed by atoms with E-state index < -0.39 is 11.9 Å². The first-order valence-corrected chi connectivity index (χ1v) is 7.49. The van der Waals surface area contributed by atoms with Gasteiger partial charge in [-0.2, -0.15) is 13.2 Å². The van der Waals surface area contributed by atoms with Crippen LogP contribution in [0.4, 0.5) is 18.9 Å². The number of anilines is 1. The quantitative estimate of drug-likeness (QED) is 0.928. The average Bonchev–Trinajstić information content (AvgIpc) is 2.52. The Hall–Kier alpha value is -1.79. The predicted octanol–water partition coefficient (Wildman–Crippen LogP) is 3.12. The molecule has 0 radical (unpaired) electrons. The summed E-state index contributed by atoms with van der Waals surface area (Å²) in [5.74, 6) is -0.135. The van der Waals surface area contributed by atoms with Crippen LogP contribution in [0.3, 0.4) is 0 Å². The molecule has 0 unspecified atom stereocenters. The number of amides is 1. The summed E-state index contributed by atoms with van der Waals surface area (Å²) in [6.45, 7) is 3.39. The molecule has 0 aromatic carbocycles. The highest BCUT2D eigenvalue weighted by Gasteiger charge is 2.33. The van der Waals surface area contributed by atoms with Crippen LogP contribution in [-0.4, -0.2) is 24.0 Å². The highest BCUT2D eigenvalue weighted by molar-refractivity contribution is 5.75. The molecule has 1 amide bonds. The zero-order valence-corrected chi connectivity index (χ0v) is 12.5. The number of aromatic nitrogens is 1. The highest BCUT2D eigenvalue weighted by atomic mass is 19.4. The molecule has 2 rings (SSSR count). The van der Waals surface area contributed by atoms with Gasteiger partial charge >= 0.3 is 6.18 Å². The lowest BCUT2D eigenvalue weighted by molar-refractivity contribution is -0.141. The van der Waals surface area contributed by atoms with Crippen LogP contribution < -0.4 is 10.2 Å². The Labute approximate surface area is 127 Å². The number of hydrogen-bond donors (Lipinski definition) is 1. The Morgan fingerprint density at radius 1 is 1.32 bits per heavy atom. The molecule has 0 spiro atoms. The zero-order chi connectivity index (χ0) is 16.2. The fourth-order valence-electron chi connectivity index (χ4n) is 2.51. The van der Waals surface area contributed by atoms with Crippen molar-refractivity contribution >= 4 is 11.6 Å². The summed E-state index contributed by atoms with van der Waals surface area (Å²) in [5.41, 5.74) is 0.258. The van der Waals surface area contributed by atoms with Gasteiger partial charge in [-0.15, -0.1) is 0 Å². The predicted molar refractivity (Wildman–Crippen MR) is 77.4 cm³/mol. The van der Waals surface area contributed by atoms with Crippen LogP contribution in [0.25, 0.3) is 0 Å². The van der Waals surface area contributed by atoms with Crippen molar-refractivity contribution in [1.82, 2.24) is 10.3 Å². The van der Waals surface area contributed by atoms with Gasteiger partial charge in [-0.25, -0.2) is 0 Å². The topological polar surface area (TPSA) is 45.2 Å². The van der Waals surface area contributed by atoms with E-state index >= 15 is 0 Å². The molecule has 122 valence electrons. The molecule has 0 bridgehead atoms. The second-order valence-electron chi connectivity index (χ2n) is 5.37. The van der Waals surface area contributed by atoms with E-state index in [1.165, 1.54) is 6.20 Å². The van der Waals surface area contributed by atoms with E-state index in [1.807, 2.05) is 4.90 Å². The Bertz CT molecular complexity index is 525. The lowest BCUT2D eigenvalue weighted by Crippen LogP contribution is -2.32. The summed E-state index contributed by atoms with van der Waals surface area (Å²) in [7, 11) is 0. The van der Waals surface area contributed by atoms with Gasteiger partial charge in [-0.1, -0.05) is 6.92 Å². The van der Waals surface area contributed by atoms with Gasteiger partial charge in [0.2, 0.25) is 5.91 Å². The molecule has 0 aliphatic carbocycles. The maximum atomic E-state index is 12.9. The molecular weight excluding hydrogens is 295 g/mol. The molecule has 1 aliphatic heterocycles. The van der Waals surface area contributed by atoms with Gasteiger partial charge in [-0.05, 0) is 25.3 Å². The fraction of sp³-hybridized carbons (Fsp3) is 0.600. The van der Waals surface area contributed by atoms with Crippen LogP contribution in [0.15, 0.2) is 12.3 Å². The van der Waals surface area contributed by atoms with Crippen molar-refractivity contribution in [2.45, 2.75) is 45.3 Å². The molecule has 1 fully saturated rings. The minimum atomic E-state index is -4.46. The van der Waals surface area contributed by atoms with E-state index in [4.69, 9.17) is 0 Å². The second-order valence-corrected chi connectivity index (χ2v) is 5.37. The SMILES string of the molecule is CCC(=O)NCc1cnc(C(F)(F)F)cc1N1CCCCC1. The van der Waals surface area contributed by atoms with Crippen LogP contribution in [0, 0.1) is 0 Å². The van der Waals surface area contributed by atoms with Gasteiger partial charge < -0.3 is 10.2 Å². The van der Waals surface area contributed by atoms with Crippen molar-refractivity contribution in [1.29, 1.82) is 0 Å². The van der Waals surface area contributed by atoms with E-state index in [1.54, 1.807) is 6.92 Å². The summed E-state index contributed by atoms with van der Waals surface area (Å²) in [4.78, 5) is 16.8. The van der Waals surface area contributed by atoms with Crippen molar-refractivity contribution in [3.8, 4) is 0 Å². The van der Waals surface area contributed by atoms with Crippen molar-refractivity contribution in [2.75, 3.05) is 18.0 Å². The largest absolute Gasteiger partial charge is 0.433 e. The van der Waals surface area contributed by atoms with Crippen molar-refractivity contribution in [2.24, 2.45) is 0 Å². The summed E-state index contributed by atoms with van der Waals surface area (Å²) >= 11 is 0. The first-order chi connectivity index (χ1) is 10.4. The molecule has 2 heterocycles. The number of hydrogen-bond acceptors (Lipinski definition) is 3. The monoisotopic (exact) mass is 315 g/mol. The molecule has 1 aromatic rings. The smallest absolute Gasteiger partial charge is 0.371 e. The second kappa shape index (κ2) is 6.98. The minimum Gasteiger partial charge on any atom is -0.371 e. The summed E-state index contributed by atoms with van der Waals surface area (Å²) in [6.07, 6.45) is 0.121. The number of halogens is 3. The van der Waals surface area contributed by atoms with Gasteiger partial charge in [0.1, 0.15) is 5.69 Å². The highest BCUT2D eigenvalue weighted by Crippen LogP contribution is 2.32. The van der Waals surface area contributed by atoms with Crippen LogP contribution in [-0.2, 0) is 17.5 Å². The lowest BCUT2D eigenvalue weighted by Gasteiger charge is -2.31. The molecule has 1 N–H and O–H groups in total. The van der Waals surface area contributed by atoms with Crippen LogP contribution in [0.1, 0.15) is 43.9 Å². The summed E-state index contributed by atoms with van der Waals surface area (Å²) in [6, 6.07) is 1.10. The third-order valence-corrected chi connectivity index (χ3v) is 3.75. The minimum absolute atomic E-state index is 0.135. The van der Waals surface area contributed by atoms with Gasteiger partial charge in [0.05, 0.1) is 0 Å². The molecule has 7 heteroatoms. The number of nitrogens with one attached hydrogen (secondary N) is 1. The molecule has 1 aliphatic rings. The maximum absolute atomic E-state index is 12.9. The maximum Gasteiger partial charge on any atom is 0.433 e. The van der Waals surface area contributed by atoms with E-state index in [2.05, 4.69) is 10.3 Å². The molecule has 22 heavy (non-hydrogen) atoms. The first kappa shape index (κ1) is 16.6. The number of pyridine rings is 1. The van der Waals surface area contributed by atoms with Crippen LogP contribution in [0.2, 0.25) is 0 Å². The Kier molecular flexibility index (Phi) is 5.26. The van der Waals surface area contributed by atoms with Gasteiger partial charge in [0.25, 0.3) is 0 Å². The zero-order valence-electron chi connectivity index (χ0n) is 12.5. The van der Waals surface area contributed by atoms with Gasteiger partial charge in [0, 0.05) is 43.5 Å². The Morgan fingerprint density at radius 2 is 2.00 bits per heavy atom. The normalized spacial score (nSPS) is 15.7. The van der Waals surface area contributed by atoms with E-state index in [-0.39, 0.29) is 12.5 Å². The number of carbonyl (C=O) groups excluding carboxylic acids is 1. The average molecular weight is 315 g/mol. The lowest BCUT2D eigenvalue weighted by atomic mass is 10.1. The molecule has 4 nitrogen and oxygen atoms in total. The van der Waals surface area contributed by atoms with Crippen molar-refractivity contribution < 1.29 is 18.0 Å². The summed E-state index contributed by atoms with van der Waals surface area (Å²) < 4.78 is 38.7. The number of rotatable bonds is 4. The van der Waals surface area contributed by atoms with Gasteiger partial charge in [0.15, 0.2) is 0 Å². The fourth-order valence-corrected chi connectivity index (χ4v) is 2.51. The van der Waals surface area contributed by atoms with E-state index in [9.17, 15) is 18.0 Å². The standard InChI is InChI=1S/C15H20F3N3O/c1-2-14(22)20-10-11-9-19-13(15(16,17)18)8-12(11)21-6-4-3-5-7-21/h8-9H,2-7,10H2,1H3,(H,20,22). The van der Waals surface area contributed by atoms with Gasteiger partial charge in [-0.3, -0.25) is 9.78 Å². The number of alkyl halides is 3. The van der Waals surface area contributed by atoms with Crippen LogP contribution in [0.5, 0.6) is 0 Å². The first-order valence-electron chi connectivity index (χ1n) is 7.49. The molecular formula is C15H20F3N3O.